The van der Waals surface area contributed by atoms with E-state index in [0.717, 1.165) is 5.76 Å². The van der Waals surface area contributed by atoms with Crippen molar-refractivity contribution in [2.75, 3.05) is 13.7 Å². The third-order valence-corrected chi connectivity index (χ3v) is 2.27. The van der Waals surface area contributed by atoms with Gasteiger partial charge in [0.1, 0.15) is 11.8 Å². The van der Waals surface area contributed by atoms with Crippen LogP contribution in [0, 0.1) is 0 Å². The second-order valence-corrected chi connectivity index (χ2v) is 3.42. The fourth-order valence-corrected chi connectivity index (χ4v) is 1.23. The summed E-state index contributed by atoms with van der Waals surface area (Å²) in [5.41, 5.74) is 0. The van der Waals surface area contributed by atoms with Crippen LogP contribution in [0.5, 0.6) is 0 Å². The van der Waals surface area contributed by atoms with Gasteiger partial charge in [0.2, 0.25) is 0 Å². The summed E-state index contributed by atoms with van der Waals surface area (Å²) in [5.74, 6) is 0.639. The van der Waals surface area contributed by atoms with Crippen LogP contribution in [-0.2, 0) is 16.1 Å². The highest BCUT2D eigenvalue weighted by molar-refractivity contribution is 5.75. The largest absolute Gasteiger partial charge is 0.468 e. The van der Waals surface area contributed by atoms with E-state index in [4.69, 9.17) is 9.15 Å². The van der Waals surface area contributed by atoms with Gasteiger partial charge in [-0.25, -0.2) is 0 Å². The van der Waals surface area contributed by atoms with E-state index in [2.05, 4.69) is 0 Å². The van der Waals surface area contributed by atoms with E-state index in [-0.39, 0.29) is 12.0 Å². The van der Waals surface area contributed by atoms with Gasteiger partial charge in [0, 0.05) is 0 Å². The summed E-state index contributed by atoms with van der Waals surface area (Å²) in [6, 6.07) is 3.46. The van der Waals surface area contributed by atoms with Gasteiger partial charge in [-0.05, 0) is 33.0 Å². The minimum atomic E-state index is -0.255. The van der Waals surface area contributed by atoms with E-state index >= 15 is 0 Å². The van der Waals surface area contributed by atoms with Crippen LogP contribution in [0.3, 0.4) is 0 Å². The molecule has 0 amide bonds. The quantitative estimate of drug-likeness (QED) is 0.695. The first-order valence-corrected chi connectivity index (χ1v) is 5.04. The van der Waals surface area contributed by atoms with Gasteiger partial charge in [0.15, 0.2) is 0 Å². The Labute approximate surface area is 89.8 Å². The van der Waals surface area contributed by atoms with Crippen LogP contribution >= 0.6 is 0 Å². The molecule has 0 saturated carbocycles. The van der Waals surface area contributed by atoms with Gasteiger partial charge in [0.25, 0.3) is 0 Å². The lowest BCUT2D eigenvalue weighted by Crippen LogP contribution is -2.36. The molecule has 1 atom stereocenters. The van der Waals surface area contributed by atoms with Gasteiger partial charge in [-0.15, -0.1) is 0 Å². The maximum atomic E-state index is 11.4. The topological polar surface area (TPSA) is 42.7 Å². The molecule has 0 aromatic carbocycles. The molecule has 84 valence electrons. The third-order valence-electron chi connectivity index (χ3n) is 2.27. The van der Waals surface area contributed by atoms with Crippen LogP contribution in [0.1, 0.15) is 19.6 Å². The summed E-state index contributed by atoms with van der Waals surface area (Å²) >= 11 is 0. The number of hydrogen-bond acceptors (Lipinski definition) is 4. The molecule has 15 heavy (non-hydrogen) atoms. The number of nitrogens with zero attached hydrogens (tertiary/aromatic N) is 1. The Balaban J connectivity index is 2.46. The monoisotopic (exact) mass is 211 g/mol. The van der Waals surface area contributed by atoms with E-state index in [1.54, 1.807) is 13.2 Å². The lowest BCUT2D eigenvalue weighted by atomic mass is 10.3. The van der Waals surface area contributed by atoms with Crippen LogP contribution in [0.4, 0.5) is 0 Å². The molecule has 0 aliphatic carbocycles. The van der Waals surface area contributed by atoms with Crippen molar-refractivity contribution in [1.29, 1.82) is 0 Å². The van der Waals surface area contributed by atoms with Crippen molar-refractivity contribution in [3.05, 3.63) is 24.2 Å². The molecular formula is C11H17NO3. The average molecular weight is 211 g/mol. The molecule has 1 heterocycles. The predicted octanol–water partition coefficient (Wildman–Crippen LogP) is 1.66. The highest BCUT2D eigenvalue weighted by Crippen LogP contribution is 2.07. The number of ether oxygens (including phenoxy) is 1. The highest BCUT2D eigenvalue weighted by atomic mass is 16.5. The molecule has 0 fully saturated rings. The van der Waals surface area contributed by atoms with Crippen molar-refractivity contribution < 1.29 is 13.9 Å². The maximum Gasteiger partial charge on any atom is 0.323 e. The number of hydrogen-bond donors (Lipinski definition) is 0. The van der Waals surface area contributed by atoms with Crippen LogP contribution in [0.15, 0.2) is 22.8 Å². The van der Waals surface area contributed by atoms with Crippen molar-refractivity contribution in [3.8, 4) is 0 Å². The Bertz CT molecular complexity index is 295. The van der Waals surface area contributed by atoms with Crippen LogP contribution in [-0.4, -0.2) is 30.6 Å². The van der Waals surface area contributed by atoms with E-state index in [9.17, 15) is 4.79 Å². The van der Waals surface area contributed by atoms with Gasteiger partial charge in [-0.3, -0.25) is 9.69 Å². The summed E-state index contributed by atoms with van der Waals surface area (Å²) in [6.07, 6.45) is 1.62. The lowest BCUT2D eigenvalue weighted by molar-refractivity contribution is -0.148. The Morgan fingerprint density at radius 3 is 2.93 bits per heavy atom. The SMILES string of the molecule is CCOC(=O)C(C)N(C)Cc1ccco1. The molecule has 0 aliphatic rings. The third kappa shape index (κ3) is 3.40. The first-order valence-electron chi connectivity index (χ1n) is 5.04. The number of carbonyl (C=O) groups is 1. The van der Waals surface area contributed by atoms with Gasteiger partial charge in [0.05, 0.1) is 19.4 Å². The molecule has 0 saturated heterocycles. The standard InChI is InChI=1S/C11H17NO3/c1-4-14-11(13)9(2)12(3)8-10-6-5-7-15-10/h5-7,9H,4,8H2,1-3H3. The zero-order valence-corrected chi connectivity index (χ0v) is 9.40. The number of esters is 1. The first-order chi connectivity index (χ1) is 7.15. The van der Waals surface area contributed by atoms with Crippen molar-refractivity contribution in [2.24, 2.45) is 0 Å². The summed E-state index contributed by atoms with van der Waals surface area (Å²) in [7, 11) is 1.87. The first kappa shape index (κ1) is 11.8. The lowest BCUT2D eigenvalue weighted by Gasteiger charge is -2.21. The zero-order valence-electron chi connectivity index (χ0n) is 9.40. The fraction of sp³-hybridized carbons (Fsp3) is 0.545. The number of furan rings is 1. The minimum absolute atomic E-state index is 0.202. The minimum Gasteiger partial charge on any atom is -0.468 e. The van der Waals surface area contributed by atoms with Gasteiger partial charge >= 0.3 is 5.97 Å². The van der Waals surface area contributed by atoms with Gasteiger partial charge in [-0.1, -0.05) is 0 Å². The summed E-state index contributed by atoms with van der Waals surface area (Å²) in [5, 5.41) is 0. The summed E-state index contributed by atoms with van der Waals surface area (Å²) in [6.45, 7) is 4.64. The fourth-order valence-electron chi connectivity index (χ4n) is 1.23. The van der Waals surface area contributed by atoms with E-state index in [0.29, 0.717) is 13.2 Å². The van der Waals surface area contributed by atoms with Crippen molar-refractivity contribution >= 4 is 5.97 Å². The molecule has 1 aromatic rings. The molecule has 1 unspecified atom stereocenters. The molecule has 0 N–H and O–H groups in total. The Hall–Kier alpha value is -1.29. The van der Waals surface area contributed by atoms with Crippen molar-refractivity contribution in [1.82, 2.24) is 4.90 Å². The average Bonchev–Trinajstić information content (AvgIpc) is 2.69. The van der Waals surface area contributed by atoms with E-state index in [1.165, 1.54) is 0 Å². The van der Waals surface area contributed by atoms with E-state index < -0.39 is 0 Å². The van der Waals surface area contributed by atoms with Crippen LogP contribution in [0.25, 0.3) is 0 Å². The molecule has 0 spiro atoms. The highest BCUT2D eigenvalue weighted by Gasteiger charge is 2.19. The molecule has 4 heteroatoms. The van der Waals surface area contributed by atoms with Gasteiger partial charge < -0.3 is 9.15 Å². The maximum absolute atomic E-state index is 11.4. The molecule has 1 aromatic heterocycles. The van der Waals surface area contributed by atoms with Crippen LogP contribution in [0.2, 0.25) is 0 Å². The normalized spacial score (nSPS) is 12.8. The van der Waals surface area contributed by atoms with Crippen molar-refractivity contribution in [3.63, 3.8) is 0 Å². The molecular weight excluding hydrogens is 194 g/mol. The zero-order chi connectivity index (χ0) is 11.3. The molecule has 0 bridgehead atoms. The summed E-state index contributed by atoms with van der Waals surface area (Å²) < 4.78 is 10.1. The number of likely N-dealkylation sites (N-methyl/N-ethyl adjacent to an activating group) is 1. The predicted molar refractivity (Wildman–Crippen MR) is 56.3 cm³/mol. The van der Waals surface area contributed by atoms with Crippen molar-refractivity contribution in [2.45, 2.75) is 26.4 Å². The van der Waals surface area contributed by atoms with Gasteiger partial charge in [-0.2, -0.15) is 0 Å². The second-order valence-electron chi connectivity index (χ2n) is 3.42. The summed E-state index contributed by atoms with van der Waals surface area (Å²) in [4.78, 5) is 13.3. The van der Waals surface area contributed by atoms with Crippen LogP contribution < -0.4 is 0 Å². The number of rotatable bonds is 5. The Morgan fingerprint density at radius 2 is 2.40 bits per heavy atom. The molecule has 1 rings (SSSR count). The molecule has 0 aliphatic heterocycles. The molecule has 4 nitrogen and oxygen atoms in total. The Kier molecular flexibility index (Phi) is 4.37. The Morgan fingerprint density at radius 1 is 1.67 bits per heavy atom. The number of carbonyl (C=O) groups excluding carboxylic acids is 1. The second kappa shape index (κ2) is 5.56. The molecule has 0 radical (unpaired) electrons. The smallest absolute Gasteiger partial charge is 0.323 e. The van der Waals surface area contributed by atoms with E-state index in [1.807, 2.05) is 31.0 Å².